The minimum Gasteiger partial charge on any atom is -0.409 e. The highest BCUT2D eigenvalue weighted by atomic mass is 35.7. The van der Waals surface area contributed by atoms with E-state index in [0.717, 1.165) is 7.11 Å². The molecule has 6 aliphatic heterocycles. The van der Waals surface area contributed by atoms with E-state index in [1.54, 1.807) is 13.3 Å². The van der Waals surface area contributed by atoms with Gasteiger partial charge in [-0.15, -0.1) is 0 Å². The third-order valence-electron chi connectivity index (χ3n) is 17.5. The fourth-order valence-corrected chi connectivity index (χ4v) is 21.8. The van der Waals surface area contributed by atoms with Gasteiger partial charge in [0.15, 0.2) is 39.0 Å². The average Bonchev–Trinajstić information content (AvgIpc) is 1.64. The maximum absolute atomic E-state index is 12.7. The summed E-state index contributed by atoms with van der Waals surface area (Å²) < 4.78 is 127. The Morgan fingerprint density at radius 1 is 0.736 bits per heavy atom. The van der Waals surface area contributed by atoms with E-state index < -0.39 is 134 Å². The van der Waals surface area contributed by atoms with Crippen molar-refractivity contribution in [2.75, 3.05) is 78.5 Å². The van der Waals surface area contributed by atoms with E-state index in [9.17, 15) is 33.4 Å². The summed E-state index contributed by atoms with van der Waals surface area (Å²) in [5.74, 6) is 0. The second kappa shape index (κ2) is 34.6. The van der Waals surface area contributed by atoms with Crippen molar-refractivity contribution in [2.45, 2.75) is 254 Å². The van der Waals surface area contributed by atoms with Crippen molar-refractivity contribution < 1.29 is 92.6 Å². The van der Waals surface area contributed by atoms with Crippen molar-refractivity contribution in [1.82, 2.24) is 9.34 Å². The molecule has 24 nitrogen and oxygen atoms in total. The molecule has 9 unspecified atom stereocenters. The summed E-state index contributed by atoms with van der Waals surface area (Å²) in [6, 6.07) is 0.568. The molecule has 6 fully saturated rings. The maximum atomic E-state index is 12.7. The molecule has 0 aliphatic carbocycles. The third kappa shape index (κ3) is 23.8. The zero-order valence-corrected chi connectivity index (χ0v) is 65.9. The Balaban J connectivity index is 0.000000335. The van der Waals surface area contributed by atoms with Gasteiger partial charge in [-0.05, 0) is 122 Å². The Morgan fingerprint density at radius 2 is 1.16 bits per heavy atom. The summed E-state index contributed by atoms with van der Waals surface area (Å²) >= 11 is 6.13. The molecular formula is C55H107B3ClN4O20P6Si2-. The van der Waals surface area contributed by atoms with E-state index in [4.69, 9.17) is 101 Å². The second-order valence-electron chi connectivity index (χ2n) is 28.4. The van der Waals surface area contributed by atoms with Gasteiger partial charge >= 0.3 is 7.60 Å². The van der Waals surface area contributed by atoms with Gasteiger partial charge in [-0.3, -0.25) is 18.3 Å². The van der Waals surface area contributed by atoms with Gasteiger partial charge in [-0.2, -0.15) is 5.26 Å². The monoisotopic (exact) mass is 1450 g/mol. The SMILES string of the molecule is CC(C)N(C(C)C)P(Cl)OCCC#N.[B][C@@H]1O[C@]2(CCP(=O)(O)OC2)C(OP([CH2-])(=O)OC)[C@@H]1O.[B][C@@H]1O[C@]2(CCP(C)(=O)OC2)C(O)[C@@H]1O[Si](C)(C)C(C)(C)C.[B][C@@H]1O[C@]2(CCP(C)(=O)OC2)C(OP(OCC[N+]#[C-])N(C(C)C)C(C)C)[C@@H]1O[Si](C)(C)C(C)(C)C. The molecule has 6 aliphatic rings. The number of nitriles is 1. The number of rotatable bonds is 21. The van der Waals surface area contributed by atoms with Crippen molar-refractivity contribution in [2.24, 2.45) is 0 Å². The Hall–Kier alpha value is 0.959. The summed E-state index contributed by atoms with van der Waals surface area (Å²) in [6.07, 6.45) is -2.87. The number of hydrogen-bond donors (Lipinski definition) is 3. The number of aliphatic hydroxyl groups excluding tert-OH is 2. The molecule has 6 rings (SSSR count). The Morgan fingerprint density at radius 3 is 1.58 bits per heavy atom. The standard InChI is InChI=1S/C23H45BN2O6P2Si.C14H28BO5PSi.C9H16BO8P2.C9H18ClN2OP/c1-17(2)26(18(3)4)33(28-14-13-25-8)31-20-19(32-35(10,11)22(5,6)7)21(24)30-23(20)12-15-34(9,27)29-16-23;1-13(2,3)22(5,6)20-10-11(16)14(19-12(10)15)7-8-21(4,17)18-9-14;1-15-19(2,12)18-7-6(11)8(10)17-9(7)3-4-20(13,14)16-5-9;1-8(2)12(9(3)4)14(10)13-7-5-6-11/h17-21H,12-16H2,1-7,9-11H3;10-12,16H,7-9H2,1-6H3;6-8,11H,2-5H2,1H3,(H,13,14);8-9H,5,7H2,1-4H3/q;;-1;/t19-,20?,21+,23-,33?,34?;10-,11?,12+,14-,21?;6-,7?,8+,9-,19?;/m000./s1. The van der Waals surface area contributed by atoms with Crippen LogP contribution in [0.4, 0.5) is 0 Å². The lowest BCUT2D eigenvalue weighted by atomic mass is 9.88. The van der Waals surface area contributed by atoms with E-state index in [0.29, 0.717) is 50.3 Å². The average molecular weight is 1450 g/mol. The molecule has 522 valence electrons. The van der Waals surface area contributed by atoms with Crippen molar-refractivity contribution >= 4 is 97.5 Å². The number of nitrogens with zero attached hydrogens (tertiary/aromatic N) is 4. The van der Waals surface area contributed by atoms with Gasteiger partial charge < -0.3 is 79.2 Å². The molecule has 0 aromatic carbocycles. The topological polar surface area (TPSA) is 284 Å². The zero-order chi connectivity index (χ0) is 70.1. The lowest BCUT2D eigenvalue weighted by Gasteiger charge is -2.45. The first-order valence-corrected chi connectivity index (χ1v) is 48.0. The van der Waals surface area contributed by atoms with Gasteiger partial charge in [0.1, 0.15) is 71.4 Å². The number of aliphatic hydroxyl groups is 2. The van der Waals surface area contributed by atoms with Gasteiger partial charge in [0.25, 0.3) is 8.53 Å². The molecule has 6 saturated heterocycles. The summed E-state index contributed by atoms with van der Waals surface area (Å²) in [4.78, 5) is 12.8. The fraction of sp³-hybridized carbons (Fsp3) is 0.945. The summed E-state index contributed by atoms with van der Waals surface area (Å²) in [6.45, 7) is 52.9. The lowest BCUT2D eigenvalue weighted by Crippen LogP contribution is -2.54. The van der Waals surface area contributed by atoms with Gasteiger partial charge in [0, 0.05) is 74.9 Å². The van der Waals surface area contributed by atoms with E-state index in [2.05, 4.69) is 148 Å². The molecule has 0 aromatic rings. The molecule has 0 amide bonds. The van der Waals surface area contributed by atoms with Crippen LogP contribution >= 0.6 is 57.3 Å². The zero-order valence-electron chi connectivity index (χ0n) is 57.8. The summed E-state index contributed by atoms with van der Waals surface area (Å²) in [5.41, 5.74) is -3.02. The van der Waals surface area contributed by atoms with E-state index >= 15 is 0 Å². The maximum Gasteiger partial charge on any atom is 0.328 e. The van der Waals surface area contributed by atoms with Crippen LogP contribution in [0, 0.1) is 24.6 Å². The minimum absolute atomic E-state index is 0.0182. The summed E-state index contributed by atoms with van der Waals surface area (Å²) in [7, 11) is -0.0796. The van der Waals surface area contributed by atoms with Crippen LogP contribution in [0.15, 0.2) is 0 Å². The predicted octanol–water partition coefficient (Wildman–Crippen LogP) is 11.7. The number of hydrogen-bond acceptors (Lipinski definition) is 22. The molecule has 6 heterocycles. The van der Waals surface area contributed by atoms with Crippen LogP contribution in [0.3, 0.4) is 0 Å². The number of ether oxygens (including phenoxy) is 3. The Bertz CT molecular complexity index is 2560. The minimum atomic E-state index is -3.66. The highest BCUT2D eigenvalue weighted by molar-refractivity contribution is 7.78. The van der Waals surface area contributed by atoms with Crippen LogP contribution in [0.2, 0.25) is 36.3 Å². The van der Waals surface area contributed by atoms with Gasteiger partial charge in [0.2, 0.25) is 14.2 Å². The normalized spacial score (nSPS) is 36.0. The molecule has 3 spiro atoms. The van der Waals surface area contributed by atoms with Gasteiger partial charge in [0.05, 0.1) is 57.3 Å². The van der Waals surface area contributed by atoms with Crippen LogP contribution in [0.1, 0.15) is 123 Å². The smallest absolute Gasteiger partial charge is 0.328 e. The van der Waals surface area contributed by atoms with Crippen LogP contribution in [-0.2, 0) is 77.5 Å². The molecule has 18 atom stereocenters. The van der Waals surface area contributed by atoms with E-state index in [1.807, 2.05) is 6.07 Å². The summed E-state index contributed by atoms with van der Waals surface area (Å²) in [5, 5.41) is 29.1. The largest absolute Gasteiger partial charge is 0.409 e. The quantitative estimate of drug-likeness (QED) is 0.0416. The van der Waals surface area contributed by atoms with Crippen LogP contribution in [0.25, 0.3) is 4.85 Å². The fourth-order valence-electron chi connectivity index (χ4n) is 10.2. The van der Waals surface area contributed by atoms with Crippen molar-refractivity contribution in [3.63, 3.8) is 0 Å². The predicted molar refractivity (Wildman–Crippen MR) is 367 cm³/mol. The molecular weight excluding hydrogens is 1350 g/mol. The lowest BCUT2D eigenvalue weighted by molar-refractivity contribution is -0.101. The first-order valence-electron chi connectivity index (χ1n) is 30.9. The van der Waals surface area contributed by atoms with Gasteiger partial charge in [-0.25, -0.2) is 22.6 Å². The molecule has 0 saturated carbocycles. The molecule has 6 radical (unpaired) electrons. The Kier molecular flexibility index (Phi) is 32.7. The highest BCUT2D eigenvalue weighted by Gasteiger charge is 2.62. The van der Waals surface area contributed by atoms with Crippen molar-refractivity contribution in [1.29, 1.82) is 5.26 Å². The Labute approximate surface area is 558 Å². The van der Waals surface area contributed by atoms with Crippen LogP contribution in [0.5, 0.6) is 0 Å². The molecule has 0 aromatic heterocycles. The molecule has 91 heavy (non-hydrogen) atoms. The molecule has 3 N–H and O–H groups in total. The van der Waals surface area contributed by atoms with E-state index in [-0.39, 0.29) is 67.7 Å². The van der Waals surface area contributed by atoms with Crippen molar-refractivity contribution in [3.8, 4) is 6.07 Å². The van der Waals surface area contributed by atoms with Crippen LogP contribution < -0.4 is 0 Å². The van der Waals surface area contributed by atoms with Gasteiger partial charge in [-0.1, -0.05) is 41.5 Å². The molecule has 0 bridgehead atoms. The van der Waals surface area contributed by atoms with Crippen molar-refractivity contribution in [3.05, 3.63) is 18.1 Å². The molecule has 36 heteroatoms. The third-order valence-corrected chi connectivity index (χ3v) is 36.9. The number of halogens is 1. The highest BCUT2D eigenvalue weighted by Crippen LogP contribution is 2.60. The first-order chi connectivity index (χ1) is 41.4. The second-order valence-corrected chi connectivity index (χ2v) is 50.6. The first kappa shape index (κ1) is 86.2. The van der Waals surface area contributed by atoms with E-state index in [1.165, 1.54) is 0 Å². The van der Waals surface area contributed by atoms with Crippen LogP contribution in [-0.4, -0.2) is 239 Å².